The van der Waals surface area contributed by atoms with Gasteiger partial charge >= 0.3 is 0 Å². The van der Waals surface area contributed by atoms with Crippen LogP contribution < -0.4 is 10.5 Å². The maximum atomic E-state index is 12.9. The van der Waals surface area contributed by atoms with E-state index in [0.717, 1.165) is 10.6 Å². The Bertz CT molecular complexity index is 548. The van der Waals surface area contributed by atoms with Gasteiger partial charge < -0.3 is 10.5 Å². The molecule has 1 aromatic heterocycles. The smallest absolute Gasteiger partial charge is 0.213 e. The molecule has 2 N–H and O–H groups in total. The number of pyridine rings is 1. The van der Waals surface area contributed by atoms with Crippen molar-refractivity contribution in [3.63, 3.8) is 0 Å². The zero-order chi connectivity index (χ0) is 13.0. The lowest BCUT2D eigenvalue weighted by Crippen LogP contribution is -1.93. The molecule has 1 aromatic carbocycles. The van der Waals surface area contributed by atoms with Gasteiger partial charge in [0.05, 0.1) is 12.8 Å². The van der Waals surface area contributed by atoms with E-state index in [9.17, 15) is 4.39 Å². The molecule has 2 rings (SSSR count). The second-order valence-electron chi connectivity index (χ2n) is 3.64. The van der Waals surface area contributed by atoms with Crippen molar-refractivity contribution in [2.75, 3.05) is 12.8 Å². The SMILES string of the molecule is COc1cccc(CSc2ccc(F)cc2N)n1. The molecule has 0 aliphatic carbocycles. The summed E-state index contributed by atoms with van der Waals surface area (Å²) in [5.74, 6) is 0.920. The molecular formula is C13H13FN2OS. The molecule has 5 heteroatoms. The summed E-state index contributed by atoms with van der Waals surface area (Å²) in [6.45, 7) is 0. The fourth-order valence-corrected chi connectivity index (χ4v) is 2.31. The molecule has 0 amide bonds. The van der Waals surface area contributed by atoms with Gasteiger partial charge in [-0.25, -0.2) is 9.37 Å². The lowest BCUT2D eigenvalue weighted by atomic mass is 10.3. The summed E-state index contributed by atoms with van der Waals surface area (Å²) in [6, 6.07) is 9.99. The quantitative estimate of drug-likeness (QED) is 0.681. The van der Waals surface area contributed by atoms with Crippen LogP contribution in [0.5, 0.6) is 5.88 Å². The minimum Gasteiger partial charge on any atom is -0.481 e. The second-order valence-corrected chi connectivity index (χ2v) is 4.66. The zero-order valence-corrected chi connectivity index (χ0v) is 10.7. The van der Waals surface area contributed by atoms with Crippen LogP contribution in [0.3, 0.4) is 0 Å². The molecule has 3 nitrogen and oxygen atoms in total. The number of methoxy groups -OCH3 is 1. The number of halogens is 1. The summed E-state index contributed by atoms with van der Waals surface area (Å²) in [5.41, 5.74) is 7.07. The molecule has 1 heterocycles. The van der Waals surface area contributed by atoms with E-state index in [0.29, 0.717) is 17.3 Å². The summed E-state index contributed by atoms with van der Waals surface area (Å²) in [4.78, 5) is 5.14. The van der Waals surface area contributed by atoms with Crippen molar-refractivity contribution in [2.24, 2.45) is 0 Å². The van der Waals surface area contributed by atoms with Crippen LogP contribution in [0.4, 0.5) is 10.1 Å². The normalized spacial score (nSPS) is 10.3. The number of ether oxygens (including phenoxy) is 1. The number of anilines is 1. The van der Waals surface area contributed by atoms with E-state index in [1.807, 2.05) is 12.1 Å². The molecule has 0 aliphatic rings. The number of rotatable bonds is 4. The number of nitrogens with two attached hydrogens (primary N) is 1. The highest BCUT2D eigenvalue weighted by Crippen LogP contribution is 2.28. The van der Waals surface area contributed by atoms with E-state index in [4.69, 9.17) is 10.5 Å². The Hall–Kier alpha value is -1.75. The molecule has 18 heavy (non-hydrogen) atoms. The summed E-state index contributed by atoms with van der Waals surface area (Å²) in [6.07, 6.45) is 0. The van der Waals surface area contributed by atoms with Gasteiger partial charge in [0.1, 0.15) is 5.82 Å². The third-order valence-corrected chi connectivity index (χ3v) is 3.46. The van der Waals surface area contributed by atoms with Crippen LogP contribution in [0.1, 0.15) is 5.69 Å². The van der Waals surface area contributed by atoms with E-state index < -0.39 is 0 Å². The molecule has 0 unspecified atom stereocenters. The van der Waals surface area contributed by atoms with Crippen molar-refractivity contribution >= 4 is 17.4 Å². The van der Waals surface area contributed by atoms with Crippen molar-refractivity contribution in [2.45, 2.75) is 10.6 Å². The predicted octanol–water partition coefficient (Wildman–Crippen LogP) is 3.10. The van der Waals surface area contributed by atoms with Crippen molar-refractivity contribution in [3.8, 4) is 5.88 Å². The number of nitrogens with zero attached hydrogens (tertiary/aromatic N) is 1. The molecular weight excluding hydrogens is 251 g/mol. The van der Waals surface area contributed by atoms with Crippen LogP contribution in [0.25, 0.3) is 0 Å². The largest absolute Gasteiger partial charge is 0.481 e. The fourth-order valence-electron chi connectivity index (χ4n) is 1.45. The monoisotopic (exact) mass is 264 g/mol. The minimum atomic E-state index is -0.323. The molecule has 0 radical (unpaired) electrons. The lowest BCUT2D eigenvalue weighted by molar-refractivity contribution is 0.397. The Balaban J connectivity index is 2.06. The van der Waals surface area contributed by atoms with Crippen molar-refractivity contribution in [3.05, 3.63) is 47.9 Å². The average Bonchev–Trinajstić information content (AvgIpc) is 2.38. The number of aromatic nitrogens is 1. The standard InChI is InChI=1S/C13H13FN2OS/c1-17-13-4-2-3-10(16-13)8-18-12-6-5-9(14)7-11(12)15/h2-7H,8,15H2,1H3. The van der Waals surface area contributed by atoms with E-state index in [2.05, 4.69) is 4.98 Å². The second kappa shape index (κ2) is 5.73. The molecule has 0 spiro atoms. The molecule has 0 bridgehead atoms. The highest BCUT2D eigenvalue weighted by molar-refractivity contribution is 7.98. The minimum absolute atomic E-state index is 0.323. The molecule has 2 aromatic rings. The topological polar surface area (TPSA) is 48.1 Å². The Morgan fingerprint density at radius 3 is 2.89 bits per heavy atom. The summed E-state index contributed by atoms with van der Waals surface area (Å²) in [5, 5.41) is 0. The molecule has 94 valence electrons. The molecule has 0 atom stereocenters. The first-order chi connectivity index (χ1) is 8.69. The van der Waals surface area contributed by atoms with Gasteiger partial charge in [-0.3, -0.25) is 0 Å². The third kappa shape index (κ3) is 3.13. The fraction of sp³-hybridized carbons (Fsp3) is 0.154. The van der Waals surface area contributed by atoms with E-state index in [-0.39, 0.29) is 5.82 Å². The van der Waals surface area contributed by atoms with Gasteiger partial charge in [0, 0.05) is 22.4 Å². The number of hydrogen-bond donors (Lipinski definition) is 1. The lowest BCUT2D eigenvalue weighted by Gasteiger charge is -2.06. The van der Waals surface area contributed by atoms with Gasteiger partial charge in [0.2, 0.25) is 5.88 Å². The molecule has 0 saturated carbocycles. The van der Waals surface area contributed by atoms with Crippen LogP contribution in [0, 0.1) is 5.82 Å². The van der Waals surface area contributed by atoms with Gasteiger partial charge in [-0.2, -0.15) is 0 Å². The van der Waals surface area contributed by atoms with Crippen LogP contribution >= 0.6 is 11.8 Å². The average molecular weight is 264 g/mol. The van der Waals surface area contributed by atoms with E-state index in [1.165, 1.54) is 23.9 Å². The first-order valence-electron chi connectivity index (χ1n) is 5.37. The van der Waals surface area contributed by atoms with Crippen LogP contribution in [-0.4, -0.2) is 12.1 Å². The number of hydrogen-bond acceptors (Lipinski definition) is 4. The number of thioether (sulfide) groups is 1. The third-order valence-electron chi connectivity index (χ3n) is 2.34. The van der Waals surface area contributed by atoms with Crippen LogP contribution in [0.15, 0.2) is 41.3 Å². The van der Waals surface area contributed by atoms with Crippen LogP contribution in [-0.2, 0) is 5.75 Å². The molecule has 0 fully saturated rings. The Morgan fingerprint density at radius 2 is 2.17 bits per heavy atom. The van der Waals surface area contributed by atoms with E-state index in [1.54, 1.807) is 19.2 Å². The van der Waals surface area contributed by atoms with Gasteiger partial charge in [0.25, 0.3) is 0 Å². The Kier molecular flexibility index (Phi) is 4.04. The van der Waals surface area contributed by atoms with Crippen molar-refractivity contribution in [1.29, 1.82) is 0 Å². The van der Waals surface area contributed by atoms with Gasteiger partial charge in [-0.15, -0.1) is 11.8 Å². The highest BCUT2D eigenvalue weighted by atomic mass is 32.2. The van der Waals surface area contributed by atoms with Gasteiger partial charge in [-0.05, 0) is 24.3 Å². The van der Waals surface area contributed by atoms with Crippen molar-refractivity contribution in [1.82, 2.24) is 4.98 Å². The van der Waals surface area contributed by atoms with Crippen LogP contribution in [0.2, 0.25) is 0 Å². The van der Waals surface area contributed by atoms with E-state index >= 15 is 0 Å². The summed E-state index contributed by atoms with van der Waals surface area (Å²) >= 11 is 1.52. The summed E-state index contributed by atoms with van der Waals surface area (Å²) in [7, 11) is 1.58. The number of benzene rings is 1. The van der Waals surface area contributed by atoms with Gasteiger partial charge in [-0.1, -0.05) is 6.07 Å². The number of nitrogen functional groups attached to an aromatic ring is 1. The van der Waals surface area contributed by atoms with Gasteiger partial charge in [0.15, 0.2) is 0 Å². The Morgan fingerprint density at radius 1 is 1.33 bits per heavy atom. The first kappa shape index (κ1) is 12.7. The van der Waals surface area contributed by atoms with Crippen molar-refractivity contribution < 1.29 is 9.13 Å². The molecule has 0 aliphatic heterocycles. The predicted molar refractivity (Wildman–Crippen MR) is 71.2 cm³/mol. The first-order valence-corrected chi connectivity index (χ1v) is 6.35. The maximum absolute atomic E-state index is 12.9. The maximum Gasteiger partial charge on any atom is 0.213 e. The zero-order valence-electron chi connectivity index (χ0n) is 9.89. The molecule has 0 saturated heterocycles. The Labute approximate surface area is 109 Å². The summed E-state index contributed by atoms with van der Waals surface area (Å²) < 4.78 is 17.9. The highest BCUT2D eigenvalue weighted by Gasteiger charge is 2.04.